The number of aryl methyl sites for hydroxylation is 1. The van der Waals surface area contributed by atoms with E-state index in [-0.39, 0.29) is 11.9 Å². The lowest BCUT2D eigenvalue weighted by molar-refractivity contribution is 0.0906. The van der Waals surface area contributed by atoms with Crippen molar-refractivity contribution in [1.82, 2.24) is 34.5 Å². The molecule has 2 fully saturated rings. The van der Waals surface area contributed by atoms with Gasteiger partial charge in [0.05, 0.1) is 11.7 Å². The molecule has 0 bridgehead atoms. The Labute approximate surface area is 194 Å². The summed E-state index contributed by atoms with van der Waals surface area (Å²) in [5, 5.41) is 8.58. The van der Waals surface area contributed by atoms with Crippen LogP contribution in [0.2, 0.25) is 0 Å². The molecule has 0 aliphatic carbocycles. The molecule has 0 unspecified atom stereocenters. The number of nitrogens with zero attached hydrogens (tertiary/aromatic N) is 7. The maximum Gasteiger partial charge on any atom is 0.272 e. The first-order valence-corrected chi connectivity index (χ1v) is 12.2. The number of carbonyl (C=O) groups excluding carboxylic acids is 1. The zero-order valence-electron chi connectivity index (χ0n) is 19.5. The van der Waals surface area contributed by atoms with Crippen molar-refractivity contribution >= 4 is 22.8 Å². The summed E-state index contributed by atoms with van der Waals surface area (Å²) in [7, 11) is 1.87. The Hall–Kier alpha value is -2.94. The zero-order valence-corrected chi connectivity index (χ0v) is 19.5. The predicted molar refractivity (Wildman–Crippen MR) is 128 cm³/mol. The number of pyridine rings is 1. The fourth-order valence-electron chi connectivity index (χ4n) is 5.00. The number of nitrogens with one attached hydrogen (secondary N) is 1. The monoisotopic (exact) mass is 450 g/mol. The van der Waals surface area contributed by atoms with Gasteiger partial charge in [-0.3, -0.25) is 4.79 Å². The lowest BCUT2D eigenvalue weighted by atomic mass is 10.0. The lowest BCUT2D eigenvalue weighted by Crippen LogP contribution is -2.45. The van der Waals surface area contributed by atoms with Gasteiger partial charge in [-0.15, -0.1) is 0 Å². The molecular formula is C24H34N8O. The topological polar surface area (TPSA) is 84.1 Å². The van der Waals surface area contributed by atoms with Crippen LogP contribution in [0.4, 0.5) is 5.82 Å². The van der Waals surface area contributed by atoms with E-state index in [9.17, 15) is 4.79 Å². The first kappa shape index (κ1) is 21.9. The molecule has 33 heavy (non-hydrogen) atoms. The van der Waals surface area contributed by atoms with E-state index < -0.39 is 0 Å². The number of aromatic nitrogens is 5. The molecule has 176 valence electrons. The maximum atomic E-state index is 13.1. The lowest BCUT2D eigenvalue weighted by Gasteiger charge is -2.32. The van der Waals surface area contributed by atoms with Gasteiger partial charge < -0.3 is 19.7 Å². The highest BCUT2D eigenvalue weighted by Crippen LogP contribution is 2.23. The number of rotatable bonds is 6. The fourth-order valence-corrected chi connectivity index (χ4v) is 5.00. The van der Waals surface area contributed by atoms with Crippen LogP contribution in [0.15, 0.2) is 30.9 Å². The van der Waals surface area contributed by atoms with Crippen LogP contribution in [0, 0.1) is 0 Å². The van der Waals surface area contributed by atoms with Gasteiger partial charge in [-0.05, 0) is 37.8 Å². The van der Waals surface area contributed by atoms with Crippen LogP contribution < -0.4 is 10.2 Å². The molecule has 3 aromatic heterocycles. The fraction of sp³-hybridized carbons (Fsp3) is 0.583. The highest BCUT2D eigenvalue weighted by Gasteiger charge is 2.24. The molecule has 5 rings (SSSR count). The molecule has 0 spiro atoms. The van der Waals surface area contributed by atoms with E-state index in [2.05, 4.69) is 29.8 Å². The van der Waals surface area contributed by atoms with Crippen molar-refractivity contribution in [3.05, 3.63) is 36.5 Å². The molecule has 5 heterocycles. The largest absolute Gasteiger partial charge is 0.357 e. The minimum atomic E-state index is -0.0956. The van der Waals surface area contributed by atoms with E-state index in [1.54, 1.807) is 4.68 Å². The zero-order chi connectivity index (χ0) is 22.6. The molecule has 9 heteroatoms. The van der Waals surface area contributed by atoms with Crippen molar-refractivity contribution in [2.45, 2.75) is 51.1 Å². The Balaban J connectivity index is 1.20. The summed E-state index contributed by atoms with van der Waals surface area (Å²) < 4.78 is 3.84. The Morgan fingerprint density at radius 1 is 1.06 bits per heavy atom. The van der Waals surface area contributed by atoms with Crippen molar-refractivity contribution in [1.29, 1.82) is 0 Å². The minimum absolute atomic E-state index is 0.0956. The number of amides is 1. The molecule has 0 radical (unpaired) electrons. The van der Waals surface area contributed by atoms with Crippen molar-refractivity contribution in [2.24, 2.45) is 7.05 Å². The normalized spacial score (nSPS) is 18.5. The molecule has 1 N–H and O–H groups in total. The van der Waals surface area contributed by atoms with Crippen LogP contribution in [0.5, 0.6) is 0 Å². The Morgan fingerprint density at radius 2 is 1.85 bits per heavy atom. The van der Waals surface area contributed by atoms with Gasteiger partial charge in [0.15, 0.2) is 11.3 Å². The standard InChI is InChI=1S/C24H34N8O/c1-29-23-20(6-7-21(27-23)32-11-4-2-3-5-12-32)22(28-29)24(33)26-19-8-13-30(14-9-19)16-17-31-15-10-25-18-31/h6-7,10,15,18-19H,2-5,8-9,11-14,16-17H2,1H3,(H,26,33). The van der Waals surface area contributed by atoms with Crippen LogP contribution >= 0.6 is 0 Å². The van der Waals surface area contributed by atoms with Crippen molar-refractivity contribution in [3.8, 4) is 0 Å². The van der Waals surface area contributed by atoms with Gasteiger partial charge in [-0.25, -0.2) is 14.6 Å². The van der Waals surface area contributed by atoms with Crippen LogP contribution in [0.25, 0.3) is 11.0 Å². The number of likely N-dealkylation sites (tertiary alicyclic amines) is 1. The van der Waals surface area contributed by atoms with E-state index in [0.717, 1.165) is 69.0 Å². The van der Waals surface area contributed by atoms with Crippen molar-refractivity contribution < 1.29 is 4.79 Å². The smallest absolute Gasteiger partial charge is 0.272 e. The third-order valence-corrected chi connectivity index (χ3v) is 6.97. The predicted octanol–water partition coefficient (Wildman–Crippen LogP) is 2.44. The van der Waals surface area contributed by atoms with E-state index in [1.165, 1.54) is 25.7 Å². The van der Waals surface area contributed by atoms with Gasteiger partial charge in [-0.1, -0.05) is 12.8 Å². The van der Waals surface area contributed by atoms with Gasteiger partial charge >= 0.3 is 0 Å². The van der Waals surface area contributed by atoms with Gasteiger partial charge in [0, 0.05) is 64.8 Å². The molecule has 2 saturated heterocycles. The van der Waals surface area contributed by atoms with Crippen LogP contribution in [-0.4, -0.2) is 73.9 Å². The van der Waals surface area contributed by atoms with Crippen molar-refractivity contribution in [3.63, 3.8) is 0 Å². The van der Waals surface area contributed by atoms with E-state index >= 15 is 0 Å². The Bertz CT molecular complexity index is 1060. The summed E-state index contributed by atoms with van der Waals surface area (Å²) in [6, 6.07) is 4.25. The van der Waals surface area contributed by atoms with Crippen LogP contribution in [-0.2, 0) is 13.6 Å². The average molecular weight is 451 g/mol. The first-order chi connectivity index (χ1) is 16.2. The number of anilines is 1. The SMILES string of the molecule is Cn1nc(C(=O)NC2CCN(CCn3ccnc3)CC2)c2ccc(N3CCCCCC3)nc21. The second-order valence-corrected chi connectivity index (χ2v) is 9.30. The first-order valence-electron chi connectivity index (χ1n) is 12.2. The number of piperidine rings is 1. The third-order valence-electron chi connectivity index (χ3n) is 6.97. The molecular weight excluding hydrogens is 416 g/mol. The van der Waals surface area contributed by atoms with Gasteiger partial charge in [-0.2, -0.15) is 5.10 Å². The number of fused-ring (bicyclic) bond motifs is 1. The number of carbonyl (C=O) groups is 1. The second-order valence-electron chi connectivity index (χ2n) is 9.30. The maximum absolute atomic E-state index is 13.1. The molecule has 1 amide bonds. The summed E-state index contributed by atoms with van der Waals surface area (Å²) >= 11 is 0. The van der Waals surface area contributed by atoms with Gasteiger partial charge in [0.25, 0.3) is 5.91 Å². The molecule has 0 aromatic carbocycles. The highest BCUT2D eigenvalue weighted by molar-refractivity contribution is 6.04. The molecule has 9 nitrogen and oxygen atoms in total. The number of imidazole rings is 1. The molecule has 2 aliphatic heterocycles. The van der Waals surface area contributed by atoms with Crippen molar-refractivity contribution in [2.75, 3.05) is 37.6 Å². The summed E-state index contributed by atoms with van der Waals surface area (Å²) in [5.41, 5.74) is 1.25. The summed E-state index contributed by atoms with van der Waals surface area (Å²) in [5.74, 6) is 0.893. The average Bonchev–Trinajstić information content (AvgIpc) is 3.37. The van der Waals surface area contributed by atoms with E-state index in [1.807, 2.05) is 37.9 Å². The minimum Gasteiger partial charge on any atom is -0.357 e. The summed E-state index contributed by atoms with van der Waals surface area (Å²) in [6.07, 6.45) is 12.6. The van der Waals surface area contributed by atoms with Gasteiger partial charge in [0.2, 0.25) is 0 Å². The van der Waals surface area contributed by atoms with E-state index in [0.29, 0.717) is 5.69 Å². The Morgan fingerprint density at radius 3 is 2.58 bits per heavy atom. The van der Waals surface area contributed by atoms with E-state index in [4.69, 9.17) is 4.98 Å². The second kappa shape index (κ2) is 9.91. The summed E-state index contributed by atoms with van der Waals surface area (Å²) in [6.45, 7) is 6.03. The Kier molecular flexibility index (Phi) is 6.57. The van der Waals surface area contributed by atoms with Crippen LogP contribution in [0.1, 0.15) is 49.0 Å². The summed E-state index contributed by atoms with van der Waals surface area (Å²) in [4.78, 5) is 26.9. The number of hydrogen-bond donors (Lipinski definition) is 1. The third kappa shape index (κ3) is 5.03. The quantitative estimate of drug-likeness (QED) is 0.621. The molecule has 0 atom stereocenters. The molecule has 0 saturated carbocycles. The van der Waals surface area contributed by atoms with Crippen LogP contribution in [0.3, 0.4) is 0 Å². The molecule has 3 aromatic rings. The number of hydrogen-bond acceptors (Lipinski definition) is 6. The highest BCUT2D eigenvalue weighted by atomic mass is 16.2. The molecule has 2 aliphatic rings. The van der Waals surface area contributed by atoms with Gasteiger partial charge in [0.1, 0.15) is 5.82 Å².